The minimum atomic E-state index is -0.467. The number of aromatic nitrogens is 1. The van der Waals surface area contributed by atoms with Crippen LogP contribution in [0.3, 0.4) is 0 Å². The van der Waals surface area contributed by atoms with Gasteiger partial charge in [0.1, 0.15) is 16.3 Å². The lowest BCUT2D eigenvalue weighted by atomic mass is 9.97. The Morgan fingerprint density at radius 3 is 2.33 bits per heavy atom. The van der Waals surface area contributed by atoms with Crippen molar-refractivity contribution in [1.29, 1.82) is 0 Å². The molecular weight excluding hydrogens is 556 g/mol. The van der Waals surface area contributed by atoms with Crippen LogP contribution in [0.1, 0.15) is 71.7 Å². The number of esters is 1. The molecule has 3 aromatic carbocycles. The molecule has 0 aliphatic carbocycles. The number of rotatable bonds is 9. The lowest BCUT2D eigenvalue weighted by Gasteiger charge is -2.15. The molecule has 0 radical (unpaired) electrons. The number of amides is 1. The van der Waals surface area contributed by atoms with Crippen molar-refractivity contribution in [3.05, 3.63) is 100 Å². The largest absolute Gasteiger partial charge is 0.490 e. The van der Waals surface area contributed by atoms with Crippen molar-refractivity contribution in [2.24, 2.45) is 0 Å². The van der Waals surface area contributed by atoms with Gasteiger partial charge >= 0.3 is 5.97 Å². The molecule has 1 amide bonds. The van der Waals surface area contributed by atoms with Gasteiger partial charge in [-0.3, -0.25) is 4.79 Å². The minimum absolute atomic E-state index is 0.0245. The molecule has 43 heavy (non-hydrogen) atoms. The number of pyridine rings is 1. The van der Waals surface area contributed by atoms with E-state index in [-0.39, 0.29) is 18.6 Å². The Morgan fingerprint density at radius 2 is 1.63 bits per heavy atom. The van der Waals surface area contributed by atoms with E-state index < -0.39 is 5.97 Å². The Balaban J connectivity index is 1.60. The van der Waals surface area contributed by atoms with Gasteiger partial charge in [0, 0.05) is 21.4 Å². The van der Waals surface area contributed by atoms with E-state index in [1.54, 1.807) is 13.0 Å². The molecule has 5 rings (SSSR count). The number of anilines is 1. The van der Waals surface area contributed by atoms with Crippen molar-refractivity contribution in [3.8, 4) is 28.1 Å². The molecule has 0 spiro atoms. The summed E-state index contributed by atoms with van der Waals surface area (Å²) in [5.74, 6) is 0.278. The van der Waals surface area contributed by atoms with Crippen LogP contribution < -0.4 is 10.1 Å². The van der Waals surface area contributed by atoms with E-state index in [9.17, 15) is 9.59 Å². The van der Waals surface area contributed by atoms with Crippen LogP contribution in [0.2, 0.25) is 0 Å². The Hall–Kier alpha value is -4.49. The number of thiophene rings is 1. The predicted molar refractivity (Wildman–Crippen MR) is 175 cm³/mol. The fourth-order valence-electron chi connectivity index (χ4n) is 5.12. The fourth-order valence-corrected chi connectivity index (χ4v) is 6.18. The highest BCUT2D eigenvalue weighted by Crippen LogP contribution is 2.41. The number of hydrogen-bond donors (Lipinski definition) is 1. The fraction of sp³-hybridized carbons (Fsp3) is 0.250. The van der Waals surface area contributed by atoms with E-state index in [4.69, 9.17) is 14.5 Å². The van der Waals surface area contributed by atoms with Gasteiger partial charge in [-0.2, -0.15) is 0 Å². The van der Waals surface area contributed by atoms with Gasteiger partial charge in [0.05, 0.1) is 29.5 Å². The summed E-state index contributed by atoms with van der Waals surface area (Å²) < 4.78 is 11.5. The van der Waals surface area contributed by atoms with Crippen LogP contribution in [0.4, 0.5) is 5.00 Å². The topological polar surface area (TPSA) is 77.5 Å². The van der Waals surface area contributed by atoms with Crippen molar-refractivity contribution in [2.75, 3.05) is 11.9 Å². The highest BCUT2D eigenvalue weighted by molar-refractivity contribution is 7.17. The smallest absolute Gasteiger partial charge is 0.341 e. The number of para-hydroxylation sites is 2. The van der Waals surface area contributed by atoms with Gasteiger partial charge in [-0.05, 0) is 69.0 Å². The third-order valence-corrected chi connectivity index (χ3v) is 8.16. The van der Waals surface area contributed by atoms with Crippen LogP contribution in [0.25, 0.3) is 33.3 Å². The number of nitrogens with one attached hydrogen (secondary N) is 1. The Morgan fingerprint density at radius 1 is 0.930 bits per heavy atom. The first-order valence-corrected chi connectivity index (χ1v) is 15.4. The SMILES string of the molecule is CCOC(=O)c1c(NC(=O)c2cc(-c3ccccc3OC(C)C)nc3ccccc23)sc(C)c1-c1ccc(C(C)C)cc1. The van der Waals surface area contributed by atoms with Crippen LogP contribution in [0.15, 0.2) is 78.9 Å². The van der Waals surface area contributed by atoms with Crippen molar-refractivity contribution >= 4 is 39.1 Å². The third-order valence-electron chi connectivity index (χ3n) is 7.14. The number of nitrogens with zero attached hydrogens (tertiary/aromatic N) is 1. The predicted octanol–water partition coefficient (Wildman–Crippen LogP) is 9.28. The number of aryl methyl sites for hydroxylation is 1. The number of fused-ring (bicyclic) bond motifs is 1. The second kappa shape index (κ2) is 12.8. The van der Waals surface area contributed by atoms with Gasteiger partial charge in [-0.15, -0.1) is 11.3 Å². The normalized spacial score (nSPS) is 11.3. The van der Waals surface area contributed by atoms with Crippen LogP contribution >= 0.6 is 11.3 Å². The first kappa shape index (κ1) is 30.0. The van der Waals surface area contributed by atoms with Gasteiger partial charge in [0.2, 0.25) is 0 Å². The zero-order valence-corrected chi connectivity index (χ0v) is 26.2. The average Bonchev–Trinajstić information content (AvgIpc) is 3.31. The first-order valence-electron chi connectivity index (χ1n) is 14.6. The minimum Gasteiger partial charge on any atom is -0.490 e. The molecular formula is C36H36N2O4S. The zero-order chi connectivity index (χ0) is 30.7. The van der Waals surface area contributed by atoms with Crippen molar-refractivity contribution in [3.63, 3.8) is 0 Å². The number of carbonyl (C=O) groups excluding carboxylic acids is 2. The maximum absolute atomic E-state index is 14.1. The van der Waals surface area contributed by atoms with Crippen molar-refractivity contribution in [1.82, 2.24) is 4.98 Å². The number of benzene rings is 3. The van der Waals surface area contributed by atoms with E-state index in [1.807, 2.05) is 81.4 Å². The van der Waals surface area contributed by atoms with Crippen LogP contribution in [-0.2, 0) is 4.74 Å². The average molecular weight is 593 g/mol. The molecule has 7 heteroatoms. The highest BCUT2D eigenvalue weighted by atomic mass is 32.1. The van der Waals surface area contributed by atoms with Gasteiger partial charge < -0.3 is 14.8 Å². The molecule has 0 unspecified atom stereocenters. The van der Waals surface area contributed by atoms with Gasteiger partial charge in [0.15, 0.2) is 0 Å². The Labute approximate surface area is 256 Å². The van der Waals surface area contributed by atoms with Crippen LogP contribution in [0, 0.1) is 6.92 Å². The zero-order valence-electron chi connectivity index (χ0n) is 25.4. The van der Waals surface area contributed by atoms with Gasteiger partial charge in [-0.25, -0.2) is 9.78 Å². The molecule has 0 bridgehead atoms. The molecule has 0 aliphatic rings. The summed E-state index contributed by atoms with van der Waals surface area (Å²) in [5.41, 5.74) is 5.80. The second-order valence-corrected chi connectivity index (χ2v) is 12.1. The van der Waals surface area contributed by atoms with E-state index in [1.165, 1.54) is 16.9 Å². The molecule has 5 aromatic rings. The summed E-state index contributed by atoms with van der Waals surface area (Å²) in [4.78, 5) is 33.2. The molecule has 6 nitrogen and oxygen atoms in total. The van der Waals surface area contributed by atoms with Crippen LogP contribution in [-0.4, -0.2) is 29.6 Å². The summed E-state index contributed by atoms with van der Waals surface area (Å²) in [6.45, 7) is 12.2. The molecule has 220 valence electrons. The van der Waals surface area contributed by atoms with Crippen LogP contribution in [0.5, 0.6) is 5.75 Å². The molecule has 1 N–H and O–H groups in total. The van der Waals surface area contributed by atoms with Crippen molar-refractivity contribution in [2.45, 2.75) is 53.6 Å². The number of hydrogen-bond acceptors (Lipinski definition) is 6. The quantitative estimate of drug-likeness (QED) is 0.173. The number of carbonyl (C=O) groups is 2. The van der Waals surface area contributed by atoms with Gasteiger partial charge in [0.25, 0.3) is 5.91 Å². The maximum atomic E-state index is 14.1. The molecule has 0 saturated heterocycles. The van der Waals surface area contributed by atoms with E-state index >= 15 is 0 Å². The maximum Gasteiger partial charge on any atom is 0.341 e. The molecule has 2 aromatic heterocycles. The summed E-state index contributed by atoms with van der Waals surface area (Å²) in [6.07, 6.45) is -0.0245. The molecule has 2 heterocycles. The van der Waals surface area contributed by atoms with E-state index in [0.29, 0.717) is 44.4 Å². The molecule has 0 atom stereocenters. The molecule has 0 fully saturated rings. The highest BCUT2D eigenvalue weighted by Gasteiger charge is 2.27. The lowest BCUT2D eigenvalue weighted by molar-refractivity contribution is 0.0529. The van der Waals surface area contributed by atoms with E-state index in [2.05, 4.69) is 31.3 Å². The molecule has 0 aliphatic heterocycles. The Bertz CT molecular complexity index is 1790. The summed E-state index contributed by atoms with van der Waals surface area (Å²) in [7, 11) is 0. The lowest BCUT2D eigenvalue weighted by Crippen LogP contribution is -2.15. The van der Waals surface area contributed by atoms with E-state index in [0.717, 1.165) is 21.6 Å². The monoisotopic (exact) mass is 592 g/mol. The third kappa shape index (κ3) is 6.32. The Kier molecular flexibility index (Phi) is 8.92. The second-order valence-electron chi connectivity index (χ2n) is 10.9. The van der Waals surface area contributed by atoms with Gasteiger partial charge in [-0.1, -0.05) is 68.4 Å². The summed E-state index contributed by atoms with van der Waals surface area (Å²) in [6, 6.07) is 25.2. The molecule has 0 saturated carbocycles. The van der Waals surface area contributed by atoms with Crippen molar-refractivity contribution < 1.29 is 19.1 Å². The summed E-state index contributed by atoms with van der Waals surface area (Å²) >= 11 is 1.37. The standard InChI is InChI=1S/C36H36N2O4S/c1-7-41-36(40)33-32(25-18-16-24(17-19-25)21(2)3)23(6)43-35(33)38-34(39)28-20-30(37-29-14-10-8-12-26(28)29)27-13-9-11-15-31(27)42-22(4)5/h8-22H,7H2,1-6H3,(H,38,39). The number of ether oxygens (including phenoxy) is 2. The first-order chi connectivity index (χ1) is 20.7. The summed E-state index contributed by atoms with van der Waals surface area (Å²) in [5, 5.41) is 4.23.